The Morgan fingerprint density at radius 3 is 2.20 bits per heavy atom. The number of amides is 1. The number of aliphatic hydroxyl groups is 3. The highest BCUT2D eigenvalue weighted by Crippen LogP contribution is 2.43. The van der Waals surface area contributed by atoms with Gasteiger partial charge < -0.3 is 25.8 Å². The van der Waals surface area contributed by atoms with E-state index in [9.17, 15) is 15.1 Å². The summed E-state index contributed by atoms with van der Waals surface area (Å²) in [6, 6.07) is -0.917. The van der Waals surface area contributed by atoms with Crippen LogP contribution < -0.4 is 5.32 Å². The lowest BCUT2D eigenvalue weighted by molar-refractivity contribution is -0.197. The van der Waals surface area contributed by atoms with Crippen molar-refractivity contribution < 1.29 is 25.3 Å². The van der Waals surface area contributed by atoms with Crippen molar-refractivity contribution in [3.63, 3.8) is 0 Å². The van der Waals surface area contributed by atoms with Gasteiger partial charge in [-0.3, -0.25) is 4.79 Å². The Kier molecular flexibility index (Phi) is 5.15. The van der Waals surface area contributed by atoms with Crippen LogP contribution in [-0.2, 0) is 4.79 Å². The summed E-state index contributed by atoms with van der Waals surface area (Å²) in [7, 11) is 0. The molecule has 0 aromatic rings. The SMILES string of the molecule is CC1(C)C[C@H](C(=O)N[C@@H](CO)[C@H](O)CO)C(C)(C)N1O. The van der Waals surface area contributed by atoms with Gasteiger partial charge in [0.05, 0.1) is 36.8 Å². The lowest BCUT2D eigenvalue weighted by atomic mass is 9.86. The largest absolute Gasteiger partial charge is 0.394 e. The fourth-order valence-electron chi connectivity index (χ4n) is 2.85. The number of hydroxylamine groups is 2. The molecule has 1 heterocycles. The van der Waals surface area contributed by atoms with Crippen molar-refractivity contribution in [1.29, 1.82) is 0 Å². The zero-order valence-corrected chi connectivity index (χ0v) is 12.5. The van der Waals surface area contributed by atoms with Crippen LogP contribution in [-0.4, -0.2) is 67.9 Å². The zero-order chi connectivity index (χ0) is 15.7. The molecule has 3 atom stereocenters. The first-order valence-electron chi connectivity index (χ1n) is 6.77. The number of aliphatic hydroxyl groups excluding tert-OH is 3. The maximum atomic E-state index is 12.3. The van der Waals surface area contributed by atoms with Gasteiger partial charge in [0, 0.05) is 5.54 Å². The van der Waals surface area contributed by atoms with Gasteiger partial charge in [-0.1, -0.05) is 0 Å². The monoisotopic (exact) mass is 290 g/mol. The molecule has 1 amide bonds. The van der Waals surface area contributed by atoms with Crippen LogP contribution in [0.4, 0.5) is 0 Å². The maximum absolute atomic E-state index is 12.3. The van der Waals surface area contributed by atoms with E-state index >= 15 is 0 Å². The number of carbonyl (C=O) groups is 1. The van der Waals surface area contributed by atoms with Gasteiger partial charge in [-0.2, -0.15) is 5.06 Å². The number of nitrogens with one attached hydrogen (secondary N) is 1. The molecular weight excluding hydrogens is 264 g/mol. The molecule has 7 nitrogen and oxygen atoms in total. The molecule has 1 fully saturated rings. The molecule has 1 saturated heterocycles. The Morgan fingerprint density at radius 2 is 1.85 bits per heavy atom. The van der Waals surface area contributed by atoms with Crippen molar-refractivity contribution in [2.24, 2.45) is 5.92 Å². The van der Waals surface area contributed by atoms with Gasteiger partial charge in [0.25, 0.3) is 0 Å². The summed E-state index contributed by atoms with van der Waals surface area (Å²) in [6.07, 6.45) is -0.762. The van der Waals surface area contributed by atoms with Crippen molar-refractivity contribution >= 4 is 5.91 Å². The van der Waals surface area contributed by atoms with E-state index in [1.54, 1.807) is 13.8 Å². The van der Waals surface area contributed by atoms with Crippen LogP contribution in [0, 0.1) is 5.92 Å². The number of hydrogen-bond donors (Lipinski definition) is 5. The maximum Gasteiger partial charge on any atom is 0.225 e. The zero-order valence-electron chi connectivity index (χ0n) is 12.5. The first-order valence-corrected chi connectivity index (χ1v) is 6.77. The summed E-state index contributed by atoms with van der Waals surface area (Å²) in [6.45, 7) is 6.21. The van der Waals surface area contributed by atoms with Gasteiger partial charge >= 0.3 is 0 Å². The molecule has 1 rings (SSSR count). The van der Waals surface area contributed by atoms with Gasteiger partial charge in [-0.15, -0.1) is 0 Å². The van der Waals surface area contributed by atoms with Gasteiger partial charge in [0.15, 0.2) is 0 Å². The van der Waals surface area contributed by atoms with E-state index in [0.717, 1.165) is 0 Å². The molecule has 1 aliphatic heterocycles. The lowest BCUT2D eigenvalue weighted by Gasteiger charge is -2.35. The van der Waals surface area contributed by atoms with Crippen LogP contribution in [0.5, 0.6) is 0 Å². The minimum Gasteiger partial charge on any atom is -0.394 e. The second kappa shape index (κ2) is 5.95. The summed E-state index contributed by atoms with van der Waals surface area (Å²) in [5.41, 5.74) is -1.28. The van der Waals surface area contributed by atoms with Crippen molar-refractivity contribution in [3.05, 3.63) is 0 Å². The van der Waals surface area contributed by atoms with Gasteiger partial charge in [-0.25, -0.2) is 0 Å². The summed E-state index contributed by atoms with van der Waals surface area (Å²) in [4.78, 5) is 12.3. The first kappa shape index (κ1) is 17.3. The fourth-order valence-corrected chi connectivity index (χ4v) is 2.85. The minimum absolute atomic E-state index is 0.355. The molecule has 0 unspecified atom stereocenters. The highest BCUT2D eigenvalue weighted by Gasteiger charge is 2.54. The number of rotatable bonds is 5. The molecule has 0 radical (unpaired) electrons. The molecule has 7 heteroatoms. The molecular formula is C13H26N2O5. The summed E-state index contributed by atoms with van der Waals surface area (Å²) in [5.74, 6) is -0.839. The average Bonchev–Trinajstić information content (AvgIpc) is 2.55. The average molecular weight is 290 g/mol. The molecule has 0 bridgehead atoms. The molecule has 5 N–H and O–H groups in total. The summed E-state index contributed by atoms with van der Waals surface area (Å²) >= 11 is 0. The van der Waals surface area contributed by atoms with Crippen molar-refractivity contribution in [1.82, 2.24) is 10.4 Å². The minimum atomic E-state index is -1.22. The quantitative estimate of drug-likeness (QED) is 0.448. The van der Waals surface area contributed by atoms with E-state index < -0.39 is 42.4 Å². The van der Waals surface area contributed by atoms with Crippen molar-refractivity contribution in [2.75, 3.05) is 13.2 Å². The molecule has 1 aliphatic rings. The van der Waals surface area contributed by atoms with Gasteiger partial charge in [-0.05, 0) is 34.1 Å². The fraction of sp³-hybridized carbons (Fsp3) is 0.923. The Bertz CT molecular complexity index is 359. The first-order chi connectivity index (χ1) is 9.07. The van der Waals surface area contributed by atoms with Crippen LogP contribution in [0.3, 0.4) is 0 Å². The molecule has 20 heavy (non-hydrogen) atoms. The van der Waals surface area contributed by atoms with Crippen LogP contribution in [0.1, 0.15) is 34.1 Å². The normalized spacial score (nSPS) is 28.1. The molecule has 118 valence electrons. The summed E-state index contributed by atoms with van der Waals surface area (Å²) < 4.78 is 0. The molecule has 0 aromatic heterocycles. The molecule has 0 aliphatic carbocycles. The molecule has 0 aromatic carbocycles. The number of nitrogens with zero attached hydrogens (tertiary/aromatic N) is 1. The van der Waals surface area contributed by atoms with E-state index in [2.05, 4.69) is 5.32 Å². The van der Waals surface area contributed by atoms with E-state index in [1.807, 2.05) is 13.8 Å². The van der Waals surface area contributed by atoms with E-state index in [0.29, 0.717) is 6.42 Å². The van der Waals surface area contributed by atoms with Crippen LogP contribution in [0.2, 0.25) is 0 Å². The second-order valence-electron chi connectivity index (χ2n) is 6.58. The summed E-state index contributed by atoms with van der Waals surface area (Å²) in [5, 5.41) is 41.4. The predicted molar refractivity (Wildman–Crippen MR) is 72.0 cm³/mol. The topological polar surface area (TPSA) is 113 Å². The number of carbonyl (C=O) groups excluding carboxylic acids is 1. The highest BCUT2D eigenvalue weighted by atomic mass is 16.5. The molecule has 0 saturated carbocycles. The van der Waals surface area contributed by atoms with Gasteiger partial charge in [0.1, 0.15) is 0 Å². The third-order valence-corrected chi connectivity index (χ3v) is 4.17. The predicted octanol–water partition coefficient (Wildman–Crippen LogP) is -0.915. The molecule has 0 spiro atoms. The third kappa shape index (κ3) is 3.12. The lowest BCUT2D eigenvalue weighted by Crippen LogP contribution is -2.53. The van der Waals surface area contributed by atoms with Crippen LogP contribution in [0.25, 0.3) is 0 Å². The van der Waals surface area contributed by atoms with E-state index in [1.165, 1.54) is 5.06 Å². The van der Waals surface area contributed by atoms with Crippen LogP contribution >= 0.6 is 0 Å². The Hall–Kier alpha value is -0.730. The Morgan fingerprint density at radius 1 is 1.30 bits per heavy atom. The van der Waals surface area contributed by atoms with Crippen molar-refractivity contribution in [2.45, 2.75) is 57.3 Å². The smallest absolute Gasteiger partial charge is 0.225 e. The van der Waals surface area contributed by atoms with Gasteiger partial charge in [0.2, 0.25) is 5.91 Å². The van der Waals surface area contributed by atoms with Crippen molar-refractivity contribution in [3.8, 4) is 0 Å². The third-order valence-electron chi connectivity index (χ3n) is 4.17. The van der Waals surface area contributed by atoms with E-state index in [-0.39, 0.29) is 5.91 Å². The Balaban J connectivity index is 2.82. The Labute approximate surface area is 119 Å². The standard InChI is InChI=1S/C13H26N2O5/c1-12(2)5-8(13(3,4)15(12)20)11(19)14-9(6-16)10(18)7-17/h8-10,16-18,20H,5-7H2,1-4H3,(H,14,19)/t8-,9+,10-/m1/s1. The second-order valence-corrected chi connectivity index (χ2v) is 6.58. The number of hydrogen-bond acceptors (Lipinski definition) is 6. The van der Waals surface area contributed by atoms with Crippen LogP contribution in [0.15, 0.2) is 0 Å². The van der Waals surface area contributed by atoms with E-state index in [4.69, 9.17) is 10.2 Å². The highest BCUT2D eigenvalue weighted by molar-refractivity contribution is 5.81.